The number of aromatic nitrogens is 2. The number of hydrogen-bond acceptors (Lipinski definition) is 5. The van der Waals surface area contributed by atoms with Gasteiger partial charge in [-0.3, -0.25) is 0 Å². The van der Waals surface area contributed by atoms with E-state index in [0.29, 0.717) is 18.0 Å². The summed E-state index contributed by atoms with van der Waals surface area (Å²) in [6, 6.07) is 17.0. The number of benzene rings is 2. The van der Waals surface area contributed by atoms with Gasteiger partial charge in [0.05, 0.1) is 6.20 Å². The summed E-state index contributed by atoms with van der Waals surface area (Å²) in [5.74, 6) is -0.495. The second kappa shape index (κ2) is 8.92. The lowest BCUT2D eigenvalue weighted by molar-refractivity contribution is 0.313. The van der Waals surface area contributed by atoms with Gasteiger partial charge in [0, 0.05) is 24.2 Å². The monoisotopic (exact) mass is 370 g/mol. The molecule has 3 rings (SSSR count). The molecular formula is C19H16ClFN4O. The van der Waals surface area contributed by atoms with Crippen molar-refractivity contribution < 1.29 is 9.23 Å². The summed E-state index contributed by atoms with van der Waals surface area (Å²) in [5, 5.41) is 7.41. The van der Waals surface area contributed by atoms with Crippen molar-refractivity contribution in [1.82, 2.24) is 9.97 Å². The third kappa shape index (κ3) is 5.26. The molecule has 0 fully saturated rings. The lowest BCUT2D eigenvalue weighted by atomic mass is 10.2. The molecule has 0 atom stereocenters. The van der Waals surface area contributed by atoms with Gasteiger partial charge in [-0.15, -0.1) is 0 Å². The van der Waals surface area contributed by atoms with E-state index in [9.17, 15) is 4.39 Å². The Kier molecular flexibility index (Phi) is 6.11. The van der Waals surface area contributed by atoms with Crippen LogP contribution in [0, 0.1) is 5.82 Å². The molecule has 1 heterocycles. The quantitative estimate of drug-likeness (QED) is 0.491. The zero-order valence-corrected chi connectivity index (χ0v) is 14.5. The van der Waals surface area contributed by atoms with Crippen LogP contribution in [0.25, 0.3) is 0 Å². The van der Waals surface area contributed by atoms with Crippen molar-refractivity contribution in [1.29, 1.82) is 0 Å². The van der Waals surface area contributed by atoms with Gasteiger partial charge in [0.2, 0.25) is 0 Å². The van der Waals surface area contributed by atoms with Gasteiger partial charge in [0.1, 0.15) is 0 Å². The first kappa shape index (κ1) is 17.8. The minimum Gasteiger partial charge on any atom is -0.363 e. The highest BCUT2D eigenvalue weighted by atomic mass is 35.5. The molecule has 1 aromatic heterocycles. The first-order valence-corrected chi connectivity index (χ1v) is 8.32. The third-order valence-corrected chi connectivity index (χ3v) is 3.73. The van der Waals surface area contributed by atoms with E-state index in [-0.39, 0.29) is 11.8 Å². The lowest BCUT2D eigenvalue weighted by Gasteiger charge is -2.07. The summed E-state index contributed by atoms with van der Waals surface area (Å²) in [6.07, 6.45) is 3.19. The number of rotatable bonds is 7. The SMILES string of the molecule is Fc1cnc(O/N=C/Cc2ccc(Cl)cc2)nc1NCc1ccccc1. The van der Waals surface area contributed by atoms with E-state index in [2.05, 4.69) is 20.4 Å². The summed E-state index contributed by atoms with van der Waals surface area (Å²) in [5.41, 5.74) is 2.04. The van der Waals surface area contributed by atoms with E-state index in [1.165, 1.54) is 0 Å². The molecule has 0 saturated heterocycles. The number of nitrogens with one attached hydrogen (secondary N) is 1. The van der Waals surface area contributed by atoms with E-state index >= 15 is 0 Å². The molecule has 1 N–H and O–H groups in total. The summed E-state index contributed by atoms with van der Waals surface area (Å²) in [6.45, 7) is 0.439. The Morgan fingerprint density at radius 2 is 1.85 bits per heavy atom. The van der Waals surface area contributed by atoms with Gasteiger partial charge in [0.15, 0.2) is 11.6 Å². The molecule has 0 aliphatic carbocycles. The van der Waals surface area contributed by atoms with Crippen LogP contribution >= 0.6 is 11.6 Å². The molecule has 0 radical (unpaired) electrons. The van der Waals surface area contributed by atoms with E-state index < -0.39 is 5.82 Å². The highest BCUT2D eigenvalue weighted by molar-refractivity contribution is 6.30. The molecule has 132 valence electrons. The van der Waals surface area contributed by atoms with Crippen molar-refractivity contribution in [2.75, 3.05) is 5.32 Å². The normalized spacial score (nSPS) is 10.8. The molecular weight excluding hydrogens is 355 g/mol. The predicted molar refractivity (Wildman–Crippen MR) is 100 cm³/mol. The maximum Gasteiger partial charge on any atom is 0.347 e. The standard InChI is InChI=1S/C19H16ClFN4O/c20-16-8-6-14(7-9-16)10-11-24-26-19-23-13-17(21)18(25-19)22-12-15-4-2-1-3-5-15/h1-9,11,13H,10,12H2,(H,22,23,25)/b24-11+. The summed E-state index contributed by atoms with van der Waals surface area (Å²) >= 11 is 5.83. The van der Waals surface area contributed by atoms with E-state index in [1.54, 1.807) is 18.3 Å². The molecule has 3 aromatic rings. The van der Waals surface area contributed by atoms with Crippen LogP contribution in [-0.4, -0.2) is 16.2 Å². The van der Waals surface area contributed by atoms with Crippen molar-refractivity contribution in [3.8, 4) is 6.01 Å². The molecule has 0 amide bonds. The summed E-state index contributed by atoms with van der Waals surface area (Å²) < 4.78 is 13.8. The van der Waals surface area contributed by atoms with Gasteiger partial charge in [-0.2, -0.15) is 9.97 Å². The zero-order chi connectivity index (χ0) is 18.2. The largest absolute Gasteiger partial charge is 0.363 e. The smallest absolute Gasteiger partial charge is 0.347 e. The number of oxime groups is 1. The number of anilines is 1. The first-order chi connectivity index (χ1) is 12.7. The maximum absolute atomic E-state index is 13.8. The van der Waals surface area contributed by atoms with Crippen LogP contribution < -0.4 is 10.2 Å². The molecule has 0 aliphatic heterocycles. The number of nitrogens with zero attached hydrogens (tertiary/aromatic N) is 3. The topological polar surface area (TPSA) is 59.4 Å². The van der Waals surface area contributed by atoms with Crippen molar-refractivity contribution in [3.63, 3.8) is 0 Å². The zero-order valence-electron chi connectivity index (χ0n) is 13.8. The lowest BCUT2D eigenvalue weighted by Crippen LogP contribution is -2.05. The van der Waals surface area contributed by atoms with Crippen molar-refractivity contribution in [2.45, 2.75) is 13.0 Å². The molecule has 7 heteroatoms. The Morgan fingerprint density at radius 1 is 1.08 bits per heavy atom. The highest BCUT2D eigenvalue weighted by Crippen LogP contribution is 2.15. The average molecular weight is 371 g/mol. The molecule has 0 aliphatic rings. The van der Waals surface area contributed by atoms with Crippen LogP contribution in [0.4, 0.5) is 10.2 Å². The predicted octanol–water partition coefficient (Wildman–Crippen LogP) is 4.49. The van der Waals surface area contributed by atoms with E-state index in [1.807, 2.05) is 42.5 Å². The fraction of sp³-hybridized carbons (Fsp3) is 0.105. The Morgan fingerprint density at radius 3 is 2.62 bits per heavy atom. The molecule has 0 saturated carbocycles. The molecule has 0 spiro atoms. The first-order valence-electron chi connectivity index (χ1n) is 7.94. The maximum atomic E-state index is 13.8. The van der Waals surface area contributed by atoms with E-state index in [0.717, 1.165) is 17.3 Å². The van der Waals surface area contributed by atoms with Crippen LogP contribution in [0.3, 0.4) is 0 Å². The van der Waals surface area contributed by atoms with Crippen molar-refractivity contribution >= 4 is 23.6 Å². The second-order valence-electron chi connectivity index (χ2n) is 5.40. The van der Waals surface area contributed by atoms with Crippen molar-refractivity contribution in [2.24, 2.45) is 5.16 Å². The van der Waals surface area contributed by atoms with Crippen molar-refractivity contribution in [3.05, 3.63) is 82.8 Å². The van der Waals surface area contributed by atoms with Gasteiger partial charge in [0.25, 0.3) is 0 Å². The molecule has 26 heavy (non-hydrogen) atoms. The Balaban J connectivity index is 1.56. The number of halogens is 2. The van der Waals surface area contributed by atoms with Gasteiger partial charge in [-0.25, -0.2) is 4.39 Å². The highest BCUT2D eigenvalue weighted by Gasteiger charge is 2.07. The molecule has 0 unspecified atom stereocenters. The fourth-order valence-corrected chi connectivity index (χ4v) is 2.27. The number of hydrogen-bond donors (Lipinski definition) is 1. The average Bonchev–Trinajstić information content (AvgIpc) is 2.67. The molecule has 2 aromatic carbocycles. The Hall–Kier alpha value is -2.99. The molecule has 0 bridgehead atoms. The minimum atomic E-state index is -0.557. The minimum absolute atomic E-state index is 0.0330. The van der Waals surface area contributed by atoms with Crippen LogP contribution in [0.15, 0.2) is 65.9 Å². The van der Waals surface area contributed by atoms with E-state index in [4.69, 9.17) is 16.4 Å². The van der Waals surface area contributed by atoms with Crippen LogP contribution in [0.1, 0.15) is 11.1 Å². The van der Waals surface area contributed by atoms with Crippen LogP contribution in [0.5, 0.6) is 6.01 Å². The van der Waals surface area contributed by atoms with Crippen LogP contribution in [-0.2, 0) is 13.0 Å². The Bertz CT molecular complexity index is 872. The van der Waals surface area contributed by atoms with Gasteiger partial charge in [-0.05, 0) is 23.3 Å². The Labute approximate surface area is 155 Å². The van der Waals surface area contributed by atoms with Gasteiger partial charge >= 0.3 is 6.01 Å². The second-order valence-corrected chi connectivity index (χ2v) is 5.83. The summed E-state index contributed by atoms with van der Waals surface area (Å²) in [4.78, 5) is 12.9. The molecule has 5 nitrogen and oxygen atoms in total. The van der Waals surface area contributed by atoms with Crippen LogP contribution in [0.2, 0.25) is 5.02 Å². The summed E-state index contributed by atoms with van der Waals surface area (Å²) in [7, 11) is 0. The fourth-order valence-electron chi connectivity index (χ4n) is 2.15. The van der Waals surface area contributed by atoms with Gasteiger partial charge < -0.3 is 10.2 Å². The van der Waals surface area contributed by atoms with Gasteiger partial charge in [-0.1, -0.05) is 59.2 Å². The third-order valence-electron chi connectivity index (χ3n) is 3.47.